The molecular formula is C24H20N4O. The van der Waals surface area contributed by atoms with Crippen LogP contribution in [0.15, 0.2) is 78.9 Å². The van der Waals surface area contributed by atoms with E-state index in [2.05, 4.69) is 28.5 Å². The Bertz CT molecular complexity index is 1280. The summed E-state index contributed by atoms with van der Waals surface area (Å²) < 4.78 is 5.24. The van der Waals surface area contributed by atoms with Gasteiger partial charge in [-0.05, 0) is 23.8 Å². The zero-order valence-corrected chi connectivity index (χ0v) is 16.0. The molecule has 0 radical (unpaired) electrons. The Morgan fingerprint density at radius 1 is 0.862 bits per heavy atom. The van der Waals surface area contributed by atoms with E-state index in [4.69, 9.17) is 14.7 Å². The Morgan fingerprint density at radius 2 is 1.62 bits per heavy atom. The molecule has 5 aromatic rings. The normalized spacial score (nSPS) is 11.1. The van der Waals surface area contributed by atoms with Crippen molar-refractivity contribution in [3.05, 3.63) is 84.4 Å². The summed E-state index contributed by atoms with van der Waals surface area (Å²) in [6.07, 6.45) is 0. The fraction of sp³-hybridized carbons (Fsp3) is 0.0833. The summed E-state index contributed by atoms with van der Waals surface area (Å²) in [5, 5.41) is 4.51. The van der Waals surface area contributed by atoms with Gasteiger partial charge in [-0.1, -0.05) is 60.7 Å². The molecule has 0 saturated heterocycles. The molecule has 2 aromatic heterocycles. The van der Waals surface area contributed by atoms with E-state index < -0.39 is 0 Å². The molecule has 0 saturated carbocycles. The first-order valence-corrected chi connectivity index (χ1v) is 9.52. The van der Waals surface area contributed by atoms with E-state index in [1.807, 2.05) is 60.7 Å². The topological polar surface area (TPSA) is 62.8 Å². The van der Waals surface area contributed by atoms with Crippen LogP contribution in [0.3, 0.4) is 0 Å². The first-order chi connectivity index (χ1) is 14.3. The zero-order valence-electron chi connectivity index (χ0n) is 16.0. The van der Waals surface area contributed by atoms with Crippen molar-refractivity contribution < 1.29 is 4.74 Å². The van der Waals surface area contributed by atoms with Crippen molar-refractivity contribution in [2.75, 3.05) is 12.4 Å². The van der Waals surface area contributed by atoms with Crippen LogP contribution in [0, 0.1) is 0 Å². The van der Waals surface area contributed by atoms with Gasteiger partial charge in [0.2, 0.25) is 0 Å². The molecule has 2 N–H and O–H groups in total. The van der Waals surface area contributed by atoms with Gasteiger partial charge in [-0.25, -0.2) is 9.97 Å². The number of rotatable bonds is 5. The number of fused-ring (bicyclic) bond motifs is 3. The Hall–Kier alpha value is -3.86. The third kappa shape index (κ3) is 3.27. The van der Waals surface area contributed by atoms with Crippen LogP contribution < -0.4 is 10.1 Å². The van der Waals surface area contributed by atoms with Crippen molar-refractivity contribution in [2.45, 2.75) is 6.54 Å². The lowest BCUT2D eigenvalue weighted by molar-refractivity contribution is 0.414. The predicted molar refractivity (Wildman–Crippen MR) is 117 cm³/mol. The smallest absolute Gasteiger partial charge is 0.153 e. The molecule has 0 aliphatic heterocycles. The molecule has 142 valence electrons. The van der Waals surface area contributed by atoms with Crippen LogP contribution in [0.2, 0.25) is 0 Å². The maximum atomic E-state index is 5.24. The average molecular weight is 380 g/mol. The van der Waals surface area contributed by atoms with E-state index in [0.717, 1.165) is 50.5 Å². The summed E-state index contributed by atoms with van der Waals surface area (Å²) in [5.74, 6) is 2.48. The molecule has 0 spiro atoms. The molecule has 0 aliphatic carbocycles. The number of benzene rings is 3. The van der Waals surface area contributed by atoms with Crippen molar-refractivity contribution in [3.8, 4) is 17.1 Å². The van der Waals surface area contributed by atoms with Crippen LogP contribution in [-0.2, 0) is 6.54 Å². The SMILES string of the molecule is COc1ccc(CNc2nc3ccccc3c3nc(-c4ccccc4)[nH]c23)cc1. The molecule has 29 heavy (non-hydrogen) atoms. The highest BCUT2D eigenvalue weighted by atomic mass is 16.5. The van der Waals surface area contributed by atoms with Gasteiger partial charge in [0.05, 0.1) is 12.6 Å². The lowest BCUT2D eigenvalue weighted by atomic mass is 10.2. The van der Waals surface area contributed by atoms with Gasteiger partial charge < -0.3 is 15.0 Å². The highest BCUT2D eigenvalue weighted by molar-refractivity contribution is 6.07. The molecule has 0 amide bonds. The van der Waals surface area contributed by atoms with E-state index >= 15 is 0 Å². The van der Waals surface area contributed by atoms with Gasteiger partial charge in [-0.3, -0.25) is 0 Å². The molecule has 0 aliphatic rings. The van der Waals surface area contributed by atoms with Crippen LogP contribution in [0.4, 0.5) is 5.82 Å². The number of anilines is 1. The van der Waals surface area contributed by atoms with Crippen molar-refractivity contribution >= 4 is 27.8 Å². The minimum Gasteiger partial charge on any atom is -0.497 e. The van der Waals surface area contributed by atoms with Crippen molar-refractivity contribution in [1.82, 2.24) is 15.0 Å². The molecule has 5 nitrogen and oxygen atoms in total. The van der Waals surface area contributed by atoms with Crippen molar-refractivity contribution in [2.24, 2.45) is 0 Å². The number of aromatic amines is 1. The highest BCUT2D eigenvalue weighted by Crippen LogP contribution is 2.30. The minimum atomic E-state index is 0.657. The molecule has 3 aromatic carbocycles. The third-order valence-electron chi connectivity index (χ3n) is 5.00. The summed E-state index contributed by atoms with van der Waals surface area (Å²) >= 11 is 0. The Balaban J connectivity index is 1.58. The number of hydrogen-bond donors (Lipinski definition) is 2. The summed E-state index contributed by atoms with van der Waals surface area (Å²) in [5.41, 5.74) is 4.96. The monoisotopic (exact) mass is 380 g/mol. The van der Waals surface area contributed by atoms with Gasteiger partial charge in [0.15, 0.2) is 5.82 Å². The second-order valence-electron chi connectivity index (χ2n) is 6.85. The second kappa shape index (κ2) is 7.28. The predicted octanol–water partition coefficient (Wildman–Crippen LogP) is 5.40. The number of imidazole rings is 1. The van der Waals surface area contributed by atoms with Gasteiger partial charge in [0.25, 0.3) is 0 Å². The van der Waals surface area contributed by atoms with Crippen LogP contribution in [0.25, 0.3) is 33.3 Å². The number of nitrogens with one attached hydrogen (secondary N) is 2. The lowest BCUT2D eigenvalue weighted by Gasteiger charge is -2.09. The van der Waals surface area contributed by atoms with Gasteiger partial charge in [-0.15, -0.1) is 0 Å². The van der Waals surface area contributed by atoms with E-state index in [1.165, 1.54) is 0 Å². The van der Waals surface area contributed by atoms with Crippen LogP contribution in [-0.4, -0.2) is 22.1 Å². The van der Waals surface area contributed by atoms with Crippen LogP contribution in [0.5, 0.6) is 5.75 Å². The quantitative estimate of drug-likeness (QED) is 0.429. The standard InChI is InChI=1S/C24H20N4O/c1-29-18-13-11-16(12-14-18)15-25-24-22-21(19-9-5-6-10-20(19)26-24)27-23(28-22)17-7-3-2-4-8-17/h2-14H,15H2,1H3,(H,25,26)(H,27,28). The molecule has 0 unspecified atom stereocenters. The molecule has 0 atom stereocenters. The molecule has 2 heterocycles. The Kier molecular flexibility index (Phi) is 4.33. The molecule has 0 fully saturated rings. The summed E-state index contributed by atoms with van der Waals surface area (Å²) in [7, 11) is 1.67. The Morgan fingerprint density at radius 3 is 2.41 bits per heavy atom. The molecule has 0 bridgehead atoms. The van der Waals surface area contributed by atoms with Crippen molar-refractivity contribution in [3.63, 3.8) is 0 Å². The number of H-pyrrole nitrogens is 1. The fourth-order valence-corrected chi connectivity index (χ4v) is 3.48. The van der Waals surface area contributed by atoms with E-state index in [-0.39, 0.29) is 0 Å². The minimum absolute atomic E-state index is 0.657. The first kappa shape index (κ1) is 17.3. The maximum absolute atomic E-state index is 5.24. The summed E-state index contributed by atoms with van der Waals surface area (Å²) in [6, 6.07) is 26.3. The number of methoxy groups -OCH3 is 1. The number of pyridine rings is 1. The van der Waals surface area contributed by atoms with E-state index in [0.29, 0.717) is 6.54 Å². The first-order valence-electron chi connectivity index (χ1n) is 9.52. The maximum Gasteiger partial charge on any atom is 0.153 e. The Labute approximate surface area is 168 Å². The van der Waals surface area contributed by atoms with E-state index in [1.54, 1.807) is 7.11 Å². The summed E-state index contributed by atoms with van der Waals surface area (Å²) in [6.45, 7) is 0.657. The van der Waals surface area contributed by atoms with Gasteiger partial charge in [0.1, 0.15) is 22.6 Å². The molecule has 5 heteroatoms. The number of aromatic nitrogens is 3. The largest absolute Gasteiger partial charge is 0.497 e. The fourth-order valence-electron chi connectivity index (χ4n) is 3.48. The number of hydrogen-bond acceptors (Lipinski definition) is 4. The summed E-state index contributed by atoms with van der Waals surface area (Å²) in [4.78, 5) is 13.2. The number of ether oxygens (including phenoxy) is 1. The van der Waals surface area contributed by atoms with Gasteiger partial charge in [-0.2, -0.15) is 0 Å². The second-order valence-corrected chi connectivity index (χ2v) is 6.85. The number of nitrogens with zero attached hydrogens (tertiary/aromatic N) is 2. The lowest BCUT2D eigenvalue weighted by Crippen LogP contribution is -2.02. The van der Waals surface area contributed by atoms with Gasteiger partial charge >= 0.3 is 0 Å². The zero-order chi connectivity index (χ0) is 19.6. The van der Waals surface area contributed by atoms with Gasteiger partial charge in [0, 0.05) is 17.5 Å². The molecular weight excluding hydrogens is 360 g/mol. The van der Waals surface area contributed by atoms with E-state index in [9.17, 15) is 0 Å². The van der Waals surface area contributed by atoms with Crippen LogP contribution >= 0.6 is 0 Å². The average Bonchev–Trinajstić information content (AvgIpc) is 3.24. The third-order valence-corrected chi connectivity index (χ3v) is 5.00. The number of para-hydroxylation sites is 1. The van der Waals surface area contributed by atoms with Crippen LogP contribution in [0.1, 0.15) is 5.56 Å². The van der Waals surface area contributed by atoms with Crippen molar-refractivity contribution in [1.29, 1.82) is 0 Å². The molecule has 5 rings (SSSR count). The highest BCUT2D eigenvalue weighted by Gasteiger charge is 2.14.